The van der Waals surface area contributed by atoms with Crippen LogP contribution in [0.2, 0.25) is 0 Å². The lowest BCUT2D eigenvalue weighted by Gasteiger charge is -2.13. The molecule has 2 heterocycles. The number of nitrogens with one attached hydrogen (secondary N) is 1. The molecule has 0 aliphatic heterocycles. The normalized spacial score (nSPS) is 11.1. The van der Waals surface area contributed by atoms with E-state index in [2.05, 4.69) is 50.2 Å². The van der Waals surface area contributed by atoms with Gasteiger partial charge in [-0.05, 0) is 52.7 Å². The van der Waals surface area contributed by atoms with Crippen LogP contribution in [0.4, 0.5) is 0 Å². The van der Waals surface area contributed by atoms with Gasteiger partial charge in [0, 0.05) is 24.7 Å². The average molecular weight is 416 g/mol. The summed E-state index contributed by atoms with van der Waals surface area (Å²) in [4.78, 5) is 13.0. The fourth-order valence-electron chi connectivity index (χ4n) is 3.36. The van der Waals surface area contributed by atoms with E-state index in [0.717, 1.165) is 28.3 Å². The minimum Gasteiger partial charge on any atom is -0.346 e. The topological polar surface area (TPSA) is 90.5 Å². The van der Waals surface area contributed by atoms with Crippen LogP contribution in [0, 0.1) is 6.92 Å². The summed E-state index contributed by atoms with van der Waals surface area (Å²) in [7, 11) is 1.85. The van der Waals surface area contributed by atoms with Crippen LogP contribution in [0.3, 0.4) is 0 Å². The van der Waals surface area contributed by atoms with Gasteiger partial charge in [-0.1, -0.05) is 43.7 Å². The largest absolute Gasteiger partial charge is 0.346 e. The Bertz CT molecular complexity index is 1200. The van der Waals surface area contributed by atoms with Gasteiger partial charge in [0.1, 0.15) is 0 Å². The van der Waals surface area contributed by atoms with Gasteiger partial charge >= 0.3 is 0 Å². The zero-order chi connectivity index (χ0) is 22.0. The number of carbonyl (C=O) groups excluding carboxylic acids is 1. The van der Waals surface area contributed by atoms with Crippen LogP contribution in [-0.4, -0.2) is 35.9 Å². The predicted octanol–water partition coefficient (Wildman–Crippen LogP) is 3.42. The molecule has 31 heavy (non-hydrogen) atoms. The second-order valence-corrected chi connectivity index (χ2v) is 7.87. The Morgan fingerprint density at radius 1 is 1.06 bits per heavy atom. The molecule has 0 saturated heterocycles. The van der Waals surface area contributed by atoms with Gasteiger partial charge < -0.3 is 5.32 Å². The maximum absolute atomic E-state index is 13.0. The summed E-state index contributed by atoms with van der Waals surface area (Å²) in [6.45, 7) is 6.51. The van der Waals surface area contributed by atoms with Crippen molar-refractivity contribution in [2.75, 3.05) is 0 Å². The Balaban J connectivity index is 1.74. The Morgan fingerprint density at radius 3 is 2.52 bits per heavy atom. The second-order valence-electron chi connectivity index (χ2n) is 7.87. The van der Waals surface area contributed by atoms with Crippen LogP contribution < -0.4 is 5.32 Å². The Labute approximate surface area is 180 Å². The minimum absolute atomic E-state index is 0.139. The molecule has 0 radical (unpaired) electrons. The smallest absolute Gasteiger partial charge is 0.251 e. The molecule has 0 fully saturated rings. The maximum atomic E-state index is 13.0. The van der Waals surface area contributed by atoms with E-state index < -0.39 is 0 Å². The third kappa shape index (κ3) is 4.37. The van der Waals surface area contributed by atoms with E-state index in [9.17, 15) is 4.79 Å². The molecule has 0 saturated carbocycles. The average Bonchev–Trinajstić information content (AvgIpc) is 3.41. The quantitative estimate of drug-likeness (QED) is 0.521. The van der Waals surface area contributed by atoms with Crippen molar-refractivity contribution in [3.05, 3.63) is 77.4 Å². The summed E-state index contributed by atoms with van der Waals surface area (Å²) in [5.41, 5.74) is 5.33. The molecule has 8 heteroatoms. The summed E-state index contributed by atoms with van der Waals surface area (Å²) < 4.78 is 3.44. The lowest BCUT2D eigenvalue weighted by atomic mass is 10.0. The number of aryl methyl sites for hydroxylation is 2. The van der Waals surface area contributed by atoms with E-state index in [1.54, 1.807) is 15.6 Å². The standard InChI is InChI=1S/C23H25N7O/c1-15(2)22-26-27-28-30(22)21-12-18(17-7-5-16(3)6-8-17)11-19(13-21)23(31)24-14-20-9-10-25-29(20)4/h5-13,15H,14H2,1-4H3,(H,24,31). The second kappa shape index (κ2) is 8.51. The Kier molecular flexibility index (Phi) is 5.62. The van der Waals surface area contributed by atoms with Crippen molar-refractivity contribution >= 4 is 5.91 Å². The van der Waals surface area contributed by atoms with Gasteiger partial charge in [0.15, 0.2) is 5.82 Å². The molecular formula is C23H25N7O. The molecule has 4 rings (SSSR count). The monoisotopic (exact) mass is 415 g/mol. The van der Waals surface area contributed by atoms with E-state index >= 15 is 0 Å². The SMILES string of the molecule is Cc1ccc(-c2cc(C(=O)NCc3ccnn3C)cc(-n3nnnc3C(C)C)c2)cc1. The number of carbonyl (C=O) groups is 1. The molecule has 8 nitrogen and oxygen atoms in total. The third-order valence-electron chi connectivity index (χ3n) is 5.17. The van der Waals surface area contributed by atoms with Crippen molar-refractivity contribution in [1.82, 2.24) is 35.3 Å². The maximum Gasteiger partial charge on any atom is 0.251 e. The van der Waals surface area contributed by atoms with Gasteiger partial charge in [-0.15, -0.1) is 5.10 Å². The molecule has 0 aliphatic carbocycles. The number of tetrazole rings is 1. The zero-order valence-corrected chi connectivity index (χ0v) is 18.1. The summed E-state index contributed by atoms with van der Waals surface area (Å²) in [5.74, 6) is 0.707. The van der Waals surface area contributed by atoms with Crippen LogP contribution in [0.25, 0.3) is 16.8 Å². The van der Waals surface area contributed by atoms with E-state index in [-0.39, 0.29) is 11.8 Å². The summed E-state index contributed by atoms with van der Waals surface area (Å²) in [6.07, 6.45) is 1.71. The lowest BCUT2D eigenvalue weighted by molar-refractivity contribution is 0.0950. The van der Waals surface area contributed by atoms with Crippen LogP contribution in [-0.2, 0) is 13.6 Å². The van der Waals surface area contributed by atoms with E-state index in [1.165, 1.54) is 5.56 Å². The molecule has 0 atom stereocenters. The number of benzene rings is 2. The summed E-state index contributed by atoms with van der Waals surface area (Å²) in [5, 5.41) is 19.3. The lowest BCUT2D eigenvalue weighted by Crippen LogP contribution is -2.24. The van der Waals surface area contributed by atoms with E-state index in [1.807, 2.05) is 52.1 Å². The van der Waals surface area contributed by atoms with Crippen LogP contribution in [0.15, 0.2) is 54.7 Å². The van der Waals surface area contributed by atoms with Gasteiger partial charge in [-0.3, -0.25) is 9.48 Å². The molecule has 2 aromatic heterocycles. The number of nitrogens with zero attached hydrogens (tertiary/aromatic N) is 6. The number of rotatable bonds is 6. The highest BCUT2D eigenvalue weighted by atomic mass is 16.1. The molecular weight excluding hydrogens is 390 g/mol. The van der Waals surface area contributed by atoms with Crippen LogP contribution in [0.5, 0.6) is 0 Å². The van der Waals surface area contributed by atoms with Gasteiger partial charge in [0.05, 0.1) is 17.9 Å². The van der Waals surface area contributed by atoms with Crippen LogP contribution >= 0.6 is 0 Å². The molecule has 1 amide bonds. The number of aromatic nitrogens is 6. The summed E-state index contributed by atoms with van der Waals surface area (Å²) in [6, 6.07) is 15.8. The van der Waals surface area contributed by atoms with Crippen molar-refractivity contribution < 1.29 is 4.79 Å². The van der Waals surface area contributed by atoms with Crippen LogP contribution in [0.1, 0.15) is 47.2 Å². The van der Waals surface area contributed by atoms with E-state index in [0.29, 0.717) is 12.1 Å². The highest BCUT2D eigenvalue weighted by molar-refractivity contribution is 5.96. The molecule has 4 aromatic rings. The molecule has 0 aliphatic rings. The first-order chi connectivity index (χ1) is 14.9. The third-order valence-corrected chi connectivity index (χ3v) is 5.17. The number of hydrogen-bond donors (Lipinski definition) is 1. The molecule has 2 aromatic carbocycles. The highest BCUT2D eigenvalue weighted by Gasteiger charge is 2.16. The first kappa shape index (κ1) is 20.5. The van der Waals surface area contributed by atoms with E-state index in [4.69, 9.17) is 0 Å². The summed E-state index contributed by atoms with van der Waals surface area (Å²) >= 11 is 0. The molecule has 158 valence electrons. The van der Waals surface area contributed by atoms with Gasteiger partial charge in [0.25, 0.3) is 5.91 Å². The fourth-order valence-corrected chi connectivity index (χ4v) is 3.36. The molecule has 0 unspecified atom stereocenters. The molecule has 0 bridgehead atoms. The van der Waals surface area contributed by atoms with Gasteiger partial charge in [0.2, 0.25) is 0 Å². The van der Waals surface area contributed by atoms with Crippen molar-refractivity contribution in [3.63, 3.8) is 0 Å². The highest BCUT2D eigenvalue weighted by Crippen LogP contribution is 2.26. The van der Waals surface area contributed by atoms with Gasteiger partial charge in [-0.2, -0.15) is 9.78 Å². The number of hydrogen-bond acceptors (Lipinski definition) is 5. The van der Waals surface area contributed by atoms with Crippen molar-refractivity contribution in [3.8, 4) is 16.8 Å². The first-order valence-corrected chi connectivity index (χ1v) is 10.2. The molecule has 1 N–H and O–H groups in total. The Morgan fingerprint density at radius 2 is 1.84 bits per heavy atom. The predicted molar refractivity (Wildman–Crippen MR) is 118 cm³/mol. The number of amides is 1. The van der Waals surface area contributed by atoms with Crippen molar-refractivity contribution in [2.45, 2.75) is 33.2 Å². The van der Waals surface area contributed by atoms with Crippen molar-refractivity contribution in [2.24, 2.45) is 7.05 Å². The first-order valence-electron chi connectivity index (χ1n) is 10.2. The minimum atomic E-state index is -0.171. The fraction of sp³-hybridized carbons (Fsp3) is 0.261. The van der Waals surface area contributed by atoms with Gasteiger partial charge in [-0.25, -0.2) is 0 Å². The zero-order valence-electron chi connectivity index (χ0n) is 18.1. The Hall–Kier alpha value is -3.81. The van der Waals surface area contributed by atoms with Crippen molar-refractivity contribution in [1.29, 1.82) is 0 Å². The molecule has 0 spiro atoms.